The fourth-order valence-corrected chi connectivity index (χ4v) is 2.80. The first kappa shape index (κ1) is 17.9. The smallest absolute Gasteiger partial charge is 0.0701 e. The van der Waals surface area contributed by atoms with E-state index < -0.39 is 0 Å². The third kappa shape index (κ3) is 8.90. The molecule has 0 saturated heterocycles. The zero-order valence-corrected chi connectivity index (χ0v) is 13.4. The molecule has 0 heterocycles. The van der Waals surface area contributed by atoms with Gasteiger partial charge in [-0.05, 0) is 25.7 Å². The number of methoxy groups -OCH3 is 1. The lowest BCUT2D eigenvalue weighted by molar-refractivity contribution is 0.0250. The highest BCUT2D eigenvalue weighted by Gasteiger charge is 2.18. The molecule has 4 nitrogen and oxygen atoms in total. The Balaban J connectivity index is 1.89. The summed E-state index contributed by atoms with van der Waals surface area (Å²) in [6.07, 6.45) is 8.45. The summed E-state index contributed by atoms with van der Waals surface area (Å²) >= 11 is 0. The Morgan fingerprint density at radius 1 is 0.900 bits per heavy atom. The van der Waals surface area contributed by atoms with Gasteiger partial charge in [0.2, 0.25) is 0 Å². The lowest BCUT2D eigenvalue weighted by Crippen LogP contribution is -2.35. The van der Waals surface area contributed by atoms with Gasteiger partial charge in [0.15, 0.2) is 0 Å². The van der Waals surface area contributed by atoms with Crippen molar-refractivity contribution in [2.75, 3.05) is 46.7 Å². The van der Waals surface area contributed by atoms with Crippen molar-refractivity contribution in [2.24, 2.45) is 5.92 Å². The molecule has 1 fully saturated rings. The minimum absolute atomic E-state index is 0.620. The standard InChI is InChI=1S/C16H33NO3/c1-15(16-7-5-3-4-6-8-16)17-9-10-19-13-14-20-12-11-18-2/h15-17H,3-14H2,1-2H3/t15-/m1/s1. The molecule has 0 radical (unpaired) electrons. The van der Waals surface area contributed by atoms with Crippen LogP contribution < -0.4 is 5.32 Å². The van der Waals surface area contributed by atoms with Crippen molar-refractivity contribution in [3.8, 4) is 0 Å². The van der Waals surface area contributed by atoms with Gasteiger partial charge in [-0.1, -0.05) is 25.7 Å². The maximum absolute atomic E-state index is 5.55. The Bertz CT molecular complexity index is 206. The van der Waals surface area contributed by atoms with E-state index in [4.69, 9.17) is 14.2 Å². The molecule has 4 heteroatoms. The number of ether oxygens (including phenoxy) is 3. The topological polar surface area (TPSA) is 39.7 Å². The third-order valence-electron chi connectivity index (χ3n) is 4.12. The van der Waals surface area contributed by atoms with Crippen LogP contribution in [0.1, 0.15) is 45.4 Å². The Kier molecular flexibility index (Phi) is 11.2. The van der Waals surface area contributed by atoms with Crippen molar-refractivity contribution >= 4 is 0 Å². The van der Waals surface area contributed by atoms with E-state index >= 15 is 0 Å². The van der Waals surface area contributed by atoms with Gasteiger partial charge < -0.3 is 19.5 Å². The van der Waals surface area contributed by atoms with Crippen LogP contribution in [-0.2, 0) is 14.2 Å². The van der Waals surface area contributed by atoms with Crippen LogP contribution in [0.2, 0.25) is 0 Å². The Morgan fingerprint density at radius 2 is 1.50 bits per heavy atom. The molecule has 20 heavy (non-hydrogen) atoms. The van der Waals surface area contributed by atoms with Gasteiger partial charge in [-0.3, -0.25) is 0 Å². The molecule has 0 unspecified atom stereocenters. The van der Waals surface area contributed by atoms with E-state index in [1.54, 1.807) is 7.11 Å². The van der Waals surface area contributed by atoms with Gasteiger partial charge >= 0.3 is 0 Å². The highest BCUT2D eigenvalue weighted by Crippen LogP contribution is 2.25. The molecule has 1 aliphatic carbocycles. The van der Waals surface area contributed by atoms with Crippen LogP contribution in [0.3, 0.4) is 0 Å². The quantitative estimate of drug-likeness (QED) is 0.468. The van der Waals surface area contributed by atoms with E-state index in [0.29, 0.717) is 32.5 Å². The minimum atomic E-state index is 0.620. The van der Waals surface area contributed by atoms with Crippen molar-refractivity contribution < 1.29 is 14.2 Å². The molecule has 0 aromatic heterocycles. The molecule has 1 atom stereocenters. The summed E-state index contributed by atoms with van der Waals surface area (Å²) in [4.78, 5) is 0. The minimum Gasteiger partial charge on any atom is -0.382 e. The molecule has 1 rings (SSSR count). The molecular weight excluding hydrogens is 254 g/mol. The van der Waals surface area contributed by atoms with Crippen molar-refractivity contribution in [2.45, 2.75) is 51.5 Å². The van der Waals surface area contributed by atoms with Crippen LogP contribution in [0.15, 0.2) is 0 Å². The van der Waals surface area contributed by atoms with E-state index in [1.807, 2.05) is 0 Å². The number of nitrogens with one attached hydrogen (secondary N) is 1. The Labute approximate surface area is 124 Å². The van der Waals surface area contributed by atoms with Crippen LogP contribution in [0.25, 0.3) is 0 Å². The van der Waals surface area contributed by atoms with E-state index in [2.05, 4.69) is 12.2 Å². The van der Waals surface area contributed by atoms with Gasteiger partial charge in [-0.2, -0.15) is 0 Å². The Morgan fingerprint density at radius 3 is 2.15 bits per heavy atom. The summed E-state index contributed by atoms with van der Waals surface area (Å²) < 4.78 is 15.8. The monoisotopic (exact) mass is 287 g/mol. The molecule has 0 aliphatic heterocycles. The maximum Gasteiger partial charge on any atom is 0.0701 e. The molecule has 0 amide bonds. The molecule has 0 aromatic carbocycles. The van der Waals surface area contributed by atoms with Crippen LogP contribution in [-0.4, -0.2) is 52.7 Å². The third-order valence-corrected chi connectivity index (χ3v) is 4.12. The molecule has 0 aromatic rings. The summed E-state index contributed by atoms with van der Waals surface area (Å²) in [5.74, 6) is 0.856. The number of rotatable bonds is 11. The van der Waals surface area contributed by atoms with Crippen LogP contribution in [0, 0.1) is 5.92 Å². The zero-order valence-electron chi connectivity index (χ0n) is 13.4. The fourth-order valence-electron chi connectivity index (χ4n) is 2.80. The molecule has 0 bridgehead atoms. The second-order valence-electron chi connectivity index (χ2n) is 5.71. The first-order valence-electron chi connectivity index (χ1n) is 8.22. The SMILES string of the molecule is COCCOCCOCCN[C@H](C)C1CCCCCC1. The van der Waals surface area contributed by atoms with E-state index in [1.165, 1.54) is 38.5 Å². The largest absolute Gasteiger partial charge is 0.382 e. The van der Waals surface area contributed by atoms with E-state index in [0.717, 1.165) is 19.1 Å². The van der Waals surface area contributed by atoms with Crippen molar-refractivity contribution in [3.05, 3.63) is 0 Å². The zero-order chi connectivity index (χ0) is 14.5. The number of hydrogen-bond donors (Lipinski definition) is 1. The summed E-state index contributed by atoms with van der Waals surface area (Å²) in [7, 11) is 1.68. The first-order chi connectivity index (χ1) is 9.84. The molecule has 1 N–H and O–H groups in total. The number of hydrogen-bond acceptors (Lipinski definition) is 4. The average Bonchev–Trinajstić information content (AvgIpc) is 2.74. The second-order valence-corrected chi connectivity index (χ2v) is 5.71. The van der Waals surface area contributed by atoms with Gasteiger partial charge in [0.25, 0.3) is 0 Å². The van der Waals surface area contributed by atoms with Gasteiger partial charge in [0.1, 0.15) is 0 Å². The van der Waals surface area contributed by atoms with Crippen molar-refractivity contribution in [3.63, 3.8) is 0 Å². The average molecular weight is 287 g/mol. The normalized spacial score (nSPS) is 18.9. The molecular formula is C16H33NO3. The fraction of sp³-hybridized carbons (Fsp3) is 1.00. The van der Waals surface area contributed by atoms with E-state index in [-0.39, 0.29) is 0 Å². The molecule has 0 spiro atoms. The summed E-state index contributed by atoms with van der Waals surface area (Å²) in [5, 5.41) is 3.61. The van der Waals surface area contributed by atoms with Crippen LogP contribution in [0.4, 0.5) is 0 Å². The van der Waals surface area contributed by atoms with Crippen molar-refractivity contribution in [1.82, 2.24) is 5.32 Å². The van der Waals surface area contributed by atoms with E-state index in [9.17, 15) is 0 Å². The molecule has 1 aliphatic rings. The highest BCUT2D eigenvalue weighted by atomic mass is 16.5. The molecule has 120 valence electrons. The predicted molar refractivity (Wildman–Crippen MR) is 82.2 cm³/mol. The lowest BCUT2D eigenvalue weighted by atomic mass is 9.93. The summed E-state index contributed by atoms with van der Waals surface area (Å²) in [6.45, 7) is 6.66. The summed E-state index contributed by atoms with van der Waals surface area (Å²) in [5.41, 5.74) is 0. The van der Waals surface area contributed by atoms with Crippen LogP contribution in [0.5, 0.6) is 0 Å². The van der Waals surface area contributed by atoms with Gasteiger partial charge in [-0.25, -0.2) is 0 Å². The van der Waals surface area contributed by atoms with Gasteiger partial charge in [0, 0.05) is 19.7 Å². The summed E-state index contributed by atoms with van der Waals surface area (Å²) in [6, 6.07) is 0.620. The molecule has 1 saturated carbocycles. The Hall–Kier alpha value is -0.160. The van der Waals surface area contributed by atoms with Gasteiger partial charge in [0.05, 0.1) is 33.0 Å². The first-order valence-corrected chi connectivity index (χ1v) is 8.22. The van der Waals surface area contributed by atoms with Crippen LogP contribution >= 0.6 is 0 Å². The van der Waals surface area contributed by atoms with Gasteiger partial charge in [-0.15, -0.1) is 0 Å². The lowest BCUT2D eigenvalue weighted by Gasteiger charge is -2.23. The second kappa shape index (κ2) is 12.6. The highest BCUT2D eigenvalue weighted by molar-refractivity contribution is 4.74. The predicted octanol–water partition coefficient (Wildman–Crippen LogP) is 2.61. The maximum atomic E-state index is 5.55. The van der Waals surface area contributed by atoms with Crippen molar-refractivity contribution in [1.29, 1.82) is 0 Å².